The predicted octanol–water partition coefficient (Wildman–Crippen LogP) is 1.43. The van der Waals surface area contributed by atoms with Gasteiger partial charge in [-0.15, -0.1) is 0 Å². The summed E-state index contributed by atoms with van der Waals surface area (Å²) in [6.45, 7) is 2.68. The highest BCUT2D eigenvalue weighted by Gasteiger charge is 2.24. The fourth-order valence-corrected chi connectivity index (χ4v) is 1.56. The highest BCUT2D eigenvalue weighted by Crippen LogP contribution is 2.41. The van der Waals surface area contributed by atoms with Gasteiger partial charge in [0.15, 0.2) is 12.1 Å². The zero-order valence-electron chi connectivity index (χ0n) is 9.20. The molecule has 0 aliphatic carbocycles. The number of phenolic OH excluding ortho intramolecular Hbond substituents is 2. The molecule has 0 bridgehead atoms. The van der Waals surface area contributed by atoms with E-state index in [1.165, 1.54) is 21.0 Å². The zero-order chi connectivity index (χ0) is 12.5. The van der Waals surface area contributed by atoms with E-state index < -0.39 is 11.5 Å². The summed E-state index contributed by atoms with van der Waals surface area (Å²) >= 11 is 0. The minimum atomic E-state index is -0.553. The third kappa shape index (κ3) is 1.60. The number of rotatable bonds is 3. The lowest BCUT2D eigenvalue weighted by Crippen LogP contribution is -2.02. The summed E-state index contributed by atoms with van der Waals surface area (Å²) in [5, 5.41) is 19.4. The monoisotopic (exact) mass is 224 g/mol. The first-order valence-electron chi connectivity index (χ1n) is 4.54. The first-order chi connectivity index (χ1) is 7.45. The van der Waals surface area contributed by atoms with Crippen LogP contribution in [0.3, 0.4) is 0 Å². The van der Waals surface area contributed by atoms with Gasteiger partial charge in [0.25, 0.3) is 0 Å². The van der Waals surface area contributed by atoms with Crippen LogP contribution in [0.25, 0.3) is 0 Å². The maximum absolute atomic E-state index is 11.2. The van der Waals surface area contributed by atoms with Crippen LogP contribution in [0.5, 0.6) is 17.2 Å². The van der Waals surface area contributed by atoms with Crippen LogP contribution < -0.4 is 4.74 Å². The third-order valence-corrected chi connectivity index (χ3v) is 2.34. The normalized spacial score (nSPS) is 9.94. The molecule has 0 radical (unpaired) electrons. The first-order valence-corrected chi connectivity index (χ1v) is 4.54. The summed E-state index contributed by atoms with van der Waals surface area (Å²) in [6, 6.07) is 0. The molecule has 0 saturated heterocycles. The summed E-state index contributed by atoms with van der Waals surface area (Å²) in [5.74, 6) is -1.38. The van der Waals surface area contributed by atoms with E-state index in [4.69, 9.17) is 4.74 Å². The van der Waals surface area contributed by atoms with E-state index in [1.807, 2.05) is 0 Å². The largest absolute Gasteiger partial charge is 0.507 e. The fourth-order valence-electron chi connectivity index (χ4n) is 1.56. The highest BCUT2D eigenvalue weighted by atomic mass is 16.5. The fraction of sp³-hybridized carbons (Fsp3) is 0.273. The highest BCUT2D eigenvalue weighted by molar-refractivity contribution is 6.03. The number of carbonyl (C=O) groups excluding carboxylic acids is 2. The lowest BCUT2D eigenvalue weighted by Gasteiger charge is -2.14. The van der Waals surface area contributed by atoms with Gasteiger partial charge in [0, 0.05) is 5.56 Å². The first kappa shape index (κ1) is 12.0. The van der Waals surface area contributed by atoms with E-state index in [-0.39, 0.29) is 28.2 Å². The Balaban J connectivity index is 3.76. The summed E-state index contributed by atoms with van der Waals surface area (Å²) in [7, 11) is 1.31. The molecule has 0 heterocycles. The molecule has 1 aromatic carbocycles. The van der Waals surface area contributed by atoms with Crippen LogP contribution in [-0.2, 0) is 0 Å². The molecule has 0 aromatic heterocycles. The van der Waals surface area contributed by atoms with Crippen molar-refractivity contribution in [3.63, 3.8) is 0 Å². The van der Waals surface area contributed by atoms with Gasteiger partial charge >= 0.3 is 0 Å². The molecular formula is C11H12O5. The summed E-state index contributed by atoms with van der Waals surface area (Å²) in [4.78, 5) is 22.0. The third-order valence-electron chi connectivity index (χ3n) is 2.34. The van der Waals surface area contributed by atoms with Gasteiger partial charge in [-0.25, -0.2) is 0 Å². The average Bonchev–Trinajstić information content (AvgIpc) is 2.22. The van der Waals surface area contributed by atoms with E-state index in [1.54, 1.807) is 0 Å². The number of carbonyl (C=O) groups is 2. The predicted molar refractivity (Wildman–Crippen MR) is 56.5 cm³/mol. The van der Waals surface area contributed by atoms with Gasteiger partial charge in [-0.05, 0) is 13.8 Å². The maximum Gasteiger partial charge on any atom is 0.167 e. The molecule has 0 unspecified atom stereocenters. The molecular weight excluding hydrogens is 212 g/mol. The Morgan fingerprint density at radius 3 is 2.25 bits per heavy atom. The molecule has 0 amide bonds. The van der Waals surface area contributed by atoms with Gasteiger partial charge in [-0.1, -0.05) is 0 Å². The molecule has 16 heavy (non-hydrogen) atoms. The van der Waals surface area contributed by atoms with Gasteiger partial charge in [-0.2, -0.15) is 0 Å². The van der Waals surface area contributed by atoms with Gasteiger partial charge < -0.3 is 14.9 Å². The van der Waals surface area contributed by atoms with E-state index in [9.17, 15) is 19.8 Å². The van der Waals surface area contributed by atoms with Crippen molar-refractivity contribution in [3.05, 3.63) is 16.7 Å². The Morgan fingerprint density at radius 2 is 1.88 bits per heavy atom. The quantitative estimate of drug-likeness (QED) is 0.599. The summed E-state index contributed by atoms with van der Waals surface area (Å²) in [6.07, 6.45) is 0.382. The van der Waals surface area contributed by atoms with Crippen LogP contribution in [0.15, 0.2) is 0 Å². The van der Waals surface area contributed by atoms with Crippen molar-refractivity contribution in [3.8, 4) is 17.2 Å². The topological polar surface area (TPSA) is 83.8 Å². The number of benzene rings is 1. The molecule has 0 fully saturated rings. The van der Waals surface area contributed by atoms with E-state index >= 15 is 0 Å². The smallest absolute Gasteiger partial charge is 0.167 e. The van der Waals surface area contributed by atoms with Crippen LogP contribution in [0.1, 0.15) is 33.2 Å². The van der Waals surface area contributed by atoms with Crippen molar-refractivity contribution >= 4 is 12.1 Å². The molecule has 0 aliphatic heterocycles. The van der Waals surface area contributed by atoms with Crippen LogP contribution in [0.2, 0.25) is 0 Å². The molecule has 2 N–H and O–H groups in total. The van der Waals surface area contributed by atoms with Gasteiger partial charge in [0.2, 0.25) is 0 Å². The molecule has 5 nitrogen and oxygen atoms in total. The second-order valence-electron chi connectivity index (χ2n) is 3.32. The number of ether oxygens (including phenoxy) is 1. The maximum atomic E-state index is 11.2. The lowest BCUT2D eigenvalue weighted by molar-refractivity contribution is 0.101. The zero-order valence-corrected chi connectivity index (χ0v) is 9.20. The Bertz CT molecular complexity index is 462. The SMILES string of the molecule is COc1c(C)c(O)c(C(C)=O)c(O)c1C=O. The molecule has 0 atom stereocenters. The molecule has 1 aromatic rings. The van der Waals surface area contributed by atoms with Crippen LogP contribution in [0.4, 0.5) is 0 Å². The summed E-state index contributed by atoms with van der Waals surface area (Å²) < 4.78 is 4.90. The Kier molecular flexibility index (Phi) is 3.17. The van der Waals surface area contributed by atoms with Crippen molar-refractivity contribution in [2.75, 3.05) is 7.11 Å². The number of phenols is 2. The molecule has 86 valence electrons. The Labute approximate surface area is 92.3 Å². The average molecular weight is 224 g/mol. The van der Waals surface area contributed by atoms with Crippen LogP contribution in [0, 0.1) is 6.92 Å². The summed E-state index contributed by atoms with van der Waals surface area (Å²) in [5.41, 5.74) is -0.156. The number of Topliss-reactive ketones (excluding diaryl/α,β-unsaturated/α-hetero) is 1. The second-order valence-corrected chi connectivity index (χ2v) is 3.32. The Morgan fingerprint density at radius 1 is 1.31 bits per heavy atom. The number of hydrogen-bond acceptors (Lipinski definition) is 5. The van der Waals surface area contributed by atoms with E-state index in [0.29, 0.717) is 6.29 Å². The van der Waals surface area contributed by atoms with E-state index in [0.717, 1.165) is 0 Å². The minimum Gasteiger partial charge on any atom is -0.507 e. The molecule has 0 spiro atoms. The number of ketones is 1. The molecule has 0 saturated carbocycles. The lowest BCUT2D eigenvalue weighted by atomic mass is 9.99. The Hall–Kier alpha value is -2.04. The van der Waals surface area contributed by atoms with Crippen molar-refractivity contribution in [2.24, 2.45) is 0 Å². The number of aromatic hydroxyl groups is 2. The minimum absolute atomic E-state index is 0.0648. The number of hydrogen-bond donors (Lipinski definition) is 2. The standard InChI is InChI=1S/C11H12O5/c1-5-9(14)8(6(2)13)10(15)7(4-12)11(5)16-3/h4,14-15H,1-3H3. The van der Waals surface area contributed by atoms with Crippen molar-refractivity contribution in [1.29, 1.82) is 0 Å². The van der Waals surface area contributed by atoms with Gasteiger partial charge in [-0.3, -0.25) is 9.59 Å². The van der Waals surface area contributed by atoms with Gasteiger partial charge in [0.05, 0.1) is 12.7 Å². The number of aldehydes is 1. The molecule has 0 aliphatic rings. The van der Waals surface area contributed by atoms with Crippen LogP contribution >= 0.6 is 0 Å². The van der Waals surface area contributed by atoms with Crippen LogP contribution in [-0.4, -0.2) is 29.4 Å². The van der Waals surface area contributed by atoms with Gasteiger partial charge in [0.1, 0.15) is 22.8 Å². The van der Waals surface area contributed by atoms with Crippen molar-refractivity contribution in [1.82, 2.24) is 0 Å². The van der Waals surface area contributed by atoms with Crippen molar-refractivity contribution < 1.29 is 24.5 Å². The molecule has 5 heteroatoms. The second kappa shape index (κ2) is 4.22. The van der Waals surface area contributed by atoms with E-state index in [2.05, 4.69) is 0 Å². The van der Waals surface area contributed by atoms with Crippen molar-refractivity contribution in [2.45, 2.75) is 13.8 Å². The molecule has 1 rings (SSSR count). The number of methoxy groups -OCH3 is 1.